The second-order valence-electron chi connectivity index (χ2n) is 4.35. The molecule has 0 spiro atoms. The Morgan fingerprint density at radius 1 is 1.00 bits per heavy atom. The van der Waals surface area contributed by atoms with Crippen molar-refractivity contribution in [3.05, 3.63) is 0 Å². The van der Waals surface area contributed by atoms with Crippen LogP contribution in [0, 0.1) is 0 Å². The van der Waals surface area contributed by atoms with Crippen LogP contribution in [-0.4, -0.2) is 98.5 Å². The molecule has 0 aliphatic carbocycles. The van der Waals surface area contributed by atoms with Gasteiger partial charge in [-0.3, -0.25) is 0 Å². The largest absolute Gasteiger partial charge is 0.394 e. The van der Waals surface area contributed by atoms with Crippen LogP contribution in [0.1, 0.15) is 0 Å². The minimum absolute atomic E-state index is 0.495. The van der Waals surface area contributed by atoms with Gasteiger partial charge >= 0.3 is 0 Å². The lowest BCUT2D eigenvalue weighted by Crippen LogP contribution is -2.43. The molecule has 0 unspecified atom stereocenters. The molecule has 1 rings (SSSR count). The molecular weight excluding hydrogens is 264 g/mol. The zero-order chi connectivity index (χ0) is 14.6. The molecule has 1 aliphatic rings. The van der Waals surface area contributed by atoms with Crippen LogP contribution < -0.4 is 0 Å². The van der Waals surface area contributed by atoms with Gasteiger partial charge in [0.2, 0.25) is 0 Å². The van der Waals surface area contributed by atoms with E-state index in [9.17, 15) is 20.4 Å². The van der Waals surface area contributed by atoms with E-state index < -0.39 is 62.7 Å². The monoisotopic (exact) mass is 284 g/mol. The average molecular weight is 284 g/mol. The van der Waals surface area contributed by atoms with Crippen LogP contribution in [0.5, 0.6) is 0 Å². The Bertz CT molecular complexity index is 263. The zero-order valence-electron chi connectivity index (χ0n) is 10.1. The summed E-state index contributed by atoms with van der Waals surface area (Å²) in [6, 6.07) is 0. The number of hydrogen-bond acceptors (Lipinski definition) is 9. The van der Waals surface area contributed by atoms with Crippen molar-refractivity contribution in [2.24, 2.45) is 0 Å². The van der Waals surface area contributed by atoms with Crippen molar-refractivity contribution in [1.29, 1.82) is 0 Å². The van der Waals surface area contributed by atoms with E-state index in [-0.39, 0.29) is 0 Å². The molecule has 1 saturated heterocycles. The standard InChI is InChI=1S/C10H20O9/c11-1-4(13)7(15)5(14)3-18-10-9(17)8(16)6(2-12)19-10/h4-17H,1-3H2/t4-,5+,6-,7-,8-,9-,10-/m1/s1. The van der Waals surface area contributed by atoms with E-state index >= 15 is 0 Å². The van der Waals surface area contributed by atoms with Gasteiger partial charge in [0, 0.05) is 0 Å². The van der Waals surface area contributed by atoms with Crippen LogP contribution in [0.2, 0.25) is 0 Å². The first-order chi connectivity index (χ1) is 8.92. The van der Waals surface area contributed by atoms with E-state index in [1.54, 1.807) is 0 Å². The molecule has 7 atom stereocenters. The molecular formula is C10H20O9. The van der Waals surface area contributed by atoms with Crippen molar-refractivity contribution >= 4 is 0 Å². The summed E-state index contributed by atoms with van der Waals surface area (Å²) < 4.78 is 9.92. The smallest absolute Gasteiger partial charge is 0.186 e. The van der Waals surface area contributed by atoms with Crippen molar-refractivity contribution in [3.8, 4) is 0 Å². The molecule has 0 aromatic rings. The highest BCUT2D eigenvalue weighted by Gasteiger charge is 2.43. The topological polar surface area (TPSA) is 160 Å². The first kappa shape index (κ1) is 16.7. The summed E-state index contributed by atoms with van der Waals surface area (Å²) in [7, 11) is 0. The highest BCUT2D eigenvalue weighted by Crippen LogP contribution is 2.22. The third kappa shape index (κ3) is 4.05. The SMILES string of the molecule is OC[C@@H](O)[C@@H](O)[C@@H](O)CO[C@@H]1O[C@H](CO)[C@@H](O)[C@H]1O. The maximum absolute atomic E-state index is 9.52. The molecule has 0 aromatic heterocycles. The second kappa shape index (κ2) is 7.43. The molecule has 0 amide bonds. The lowest BCUT2D eigenvalue weighted by atomic mass is 10.1. The Kier molecular flexibility index (Phi) is 6.53. The van der Waals surface area contributed by atoms with E-state index in [0.717, 1.165) is 0 Å². The quantitative estimate of drug-likeness (QED) is 0.244. The fourth-order valence-electron chi connectivity index (χ4n) is 1.66. The third-order valence-corrected chi connectivity index (χ3v) is 2.91. The summed E-state index contributed by atoms with van der Waals surface area (Å²) in [5.41, 5.74) is 0. The molecule has 9 heteroatoms. The Labute approximate surface area is 109 Å². The Hall–Kier alpha value is -0.360. The van der Waals surface area contributed by atoms with Crippen LogP contribution in [0.15, 0.2) is 0 Å². The molecule has 0 radical (unpaired) electrons. The zero-order valence-corrected chi connectivity index (χ0v) is 10.1. The molecule has 1 heterocycles. The van der Waals surface area contributed by atoms with E-state index in [1.807, 2.05) is 0 Å². The van der Waals surface area contributed by atoms with Gasteiger partial charge in [0.25, 0.3) is 0 Å². The molecule has 19 heavy (non-hydrogen) atoms. The first-order valence-corrected chi connectivity index (χ1v) is 5.81. The summed E-state index contributed by atoms with van der Waals surface area (Å²) in [6.45, 7) is -1.73. The lowest BCUT2D eigenvalue weighted by molar-refractivity contribution is -0.194. The Morgan fingerprint density at radius 2 is 1.63 bits per heavy atom. The molecule has 0 bridgehead atoms. The molecule has 9 nitrogen and oxygen atoms in total. The average Bonchev–Trinajstić information content (AvgIpc) is 2.70. The maximum Gasteiger partial charge on any atom is 0.186 e. The normalized spacial score (nSPS) is 36.2. The van der Waals surface area contributed by atoms with Crippen LogP contribution in [0.3, 0.4) is 0 Å². The first-order valence-electron chi connectivity index (χ1n) is 5.81. The van der Waals surface area contributed by atoms with Crippen molar-refractivity contribution < 1.29 is 45.2 Å². The van der Waals surface area contributed by atoms with Gasteiger partial charge < -0.3 is 45.2 Å². The minimum atomic E-state index is -1.62. The molecule has 1 fully saturated rings. The summed E-state index contributed by atoms with van der Waals surface area (Å²) in [5.74, 6) is 0. The lowest BCUT2D eigenvalue weighted by Gasteiger charge is -2.23. The van der Waals surface area contributed by atoms with Crippen molar-refractivity contribution in [1.82, 2.24) is 0 Å². The van der Waals surface area contributed by atoms with Gasteiger partial charge in [-0.25, -0.2) is 0 Å². The van der Waals surface area contributed by atoms with Gasteiger partial charge in [0.15, 0.2) is 6.29 Å². The van der Waals surface area contributed by atoms with Crippen molar-refractivity contribution in [3.63, 3.8) is 0 Å². The van der Waals surface area contributed by atoms with Gasteiger partial charge in [-0.15, -0.1) is 0 Å². The van der Waals surface area contributed by atoms with E-state index in [1.165, 1.54) is 0 Å². The maximum atomic E-state index is 9.52. The van der Waals surface area contributed by atoms with Gasteiger partial charge in [-0.05, 0) is 0 Å². The van der Waals surface area contributed by atoms with E-state index in [2.05, 4.69) is 0 Å². The number of aliphatic hydroxyl groups excluding tert-OH is 7. The summed E-state index contributed by atoms with van der Waals surface area (Å²) >= 11 is 0. The highest BCUT2D eigenvalue weighted by molar-refractivity contribution is 4.86. The summed E-state index contributed by atoms with van der Waals surface area (Å²) in [6.07, 6.45) is -9.64. The number of hydrogen-bond donors (Lipinski definition) is 7. The third-order valence-electron chi connectivity index (χ3n) is 2.91. The van der Waals surface area contributed by atoms with Gasteiger partial charge in [-0.1, -0.05) is 0 Å². The van der Waals surface area contributed by atoms with Gasteiger partial charge in [0.1, 0.15) is 36.6 Å². The van der Waals surface area contributed by atoms with E-state index in [0.29, 0.717) is 0 Å². The van der Waals surface area contributed by atoms with Crippen molar-refractivity contribution in [2.75, 3.05) is 19.8 Å². The summed E-state index contributed by atoms with van der Waals surface area (Å²) in [4.78, 5) is 0. The van der Waals surface area contributed by atoms with Crippen LogP contribution >= 0.6 is 0 Å². The highest BCUT2D eigenvalue weighted by atomic mass is 16.7. The molecule has 0 aromatic carbocycles. The second-order valence-corrected chi connectivity index (χ2v) is 4.35. The fourth-order valence-corrected chi connectivity index (χ4v) is 1.66. The van der Waals surface area contributed by atoms with E-state index in [4.69, 9.17) is 24.8 Å². The molecule has 0 saturated carbocycles. The van der Waals surface area contributed by atoms with Gasteiger partial charge in [0.05, 0.1) is 19.8 Å². The van der Waals surface area contributed by atoms with Crippen LogP contribution in [0.4, 0.5) is 0 Å². The minimum Gasteiger partial charge on any atom is -0.394 e. The molecule has 1 aliphatic heterocycles. The van der Waals surface area contributed by atoms with Crippen LogP contribution in [-0.2, 0) is 9.47 Å². The Morgan fingerprint density at radius 3 is 2.11 bits per heavy atom. The van der Waals surface area contributed by atoms with Gasteiger partial charge in [-0.2, -0.15) is 0 Å². The summed E-state index contributed by atoms with van der Waals surface area (Å²) in [5, 5.41) is 64.3. The van der Waals surface area contributed by atoms with Crippen molar-refractivity contribution in [2.45, 2.75) is 42.9 Å². The fraction of sp³-hybridized carbons (Fsp3) is 1.00. The number of rotatable bonds is 7. The predicted octanol–water partition coefficient (Wildman–Crippen LogP) is -4.48. The number of aliphatic hydroxyl groups is 7. The van der Waals surface area contributed by atoms with Crippen LogP contribution in [0.25, 0.3) is 0 Å². The Balaban J connectivity index is 2.40. The molecule has 7 N–H and O–H groups in total. The predicted molar refractivity (Wildman–Crippen MR) is 58.8 cm³/mol. The number of ether oxygens (including phenoxy) is 2. The molecule has 114 valence electrons.